The van der Waals surface area contributed by atoms with Crippen molar-refractivity contribution >= 4 is 17.8 Å². The van der Waals surface area contributed by atoms with Crippen LogP contribution >= 0.6 is 0 Å². The Kier molecular flexibility index (Phi) is 8.09. The lowest BCUT2D eigenvalue weighted by molar-refractivity contribution is 0.0729. The van der Waals surface area contributed by atoms with Gasteiger partial charge in [0.05, 0.1) is 34.0 Å². The van der Waals surface area contributed by atoms with Crippen LogP contribution in [0.1, 0.15) is 26.3 Å². The summed E-state index contributed by atoms with van der Waals surface area (Å²) < 4.78 is 26.4. The first-order valence-electron chi connectivity index (χ1n) is 10.4. The number of carbonyl (C=O) groups is 2. The maximum absolute atomic E-state index is 12.8. The Morgan fingerprint density at radius 2 is 1.43 bits per heavy atom. The molecule has 0 saturated heterocycles. The van der Waals surface area contributed by atoms with Gasteiger partial charge in [0.15, 0.2) is 23.0 Å². The Morgan fingerprint density at radius 3 is 2.09 bits per heavy atom. The molecule has 178 valence electrons. The molecule has 0 spiro atoms. The molecule has 3 aromatic rings. The number of hydrogen-bond donors (Lipinski definition) is 0. The van der Waals surface area contributed by atoms with E-state index in [0.29, 0.717) is 28.4 Å². The van der Waals surface area contributed by atoms with E-state index in [-0.39, 0.29) is 22.6 Å². The van der Waals surface area contributed by atoms with Gasteiger partial charge in [0.25, 0.3) is 0 Å². The first-order valence-corrected chi connectivity index (χ1v) is 10.4. The van der Waals surface area contributed by atoms with Gasteiger partial charge < -0.3 is 23.7 Å². The summed E-state index contributed by atoms with van der Waals surface area (Å²) in [7, 11) is 5.88. The van der Waals surface area contributed by atoms with Gasteiger partial charge in [-0.25, -0.2) is 4.79 Å². The molecular formula is C27H23NO7. The van der Waals surface area contributed by atoms with Crippen LogP contribution in [0.4, 0.5) is 0 Å². The molecule has 35 heavy (non-hydrogen) atoms. The SMILES string of the molecule is COc1cccc(C(=O)/C(C#N)=C/c2ccc(OC(=O)c3ccc(OC)c(OC)c3)c(OC)c2)c1. The summed E-state index contributed by atoms with van der Waals surface area (Å²) in [5.74, 6) is 0.720. The van der Waals surface area contributed by atoms with Gasteiger partial charge in [-0.05, 0) is 54.1 Å². The molecule has 3 aromatic carbocycles. The van der Waals surface area contributed by atoms with Gasteiger partial charge in [-0.3, -0.25) is 4.79 Å². The zero-order valence-electron chi connectivity index (χ0n) is 19.7. The zero-order valence-corrected chi connectivity index (χ0v) is 19.7. The Bertz CT molecular complexity index is 1320. The lowest BCUT2D eigenvalue weighted by atomic mass is 10.0. The van der Waals surface area contributed by atoms with E-state index in [1.54, 1.807) is 48.5 Å². The van der Waals surface area contributed by atoms with Crippen LogP contribution in [0.5, 0.6) is 28.7 Å². The fourth-order valence-electron chi connectivity index (χ4n) is 3.22. The number of esters is 1. The molecule has 0 aromatic heterocycles. The molecule has 0 radical (unpaired) electrons. The smallest absolute Gasteiger partial charge is 0.343 e. The lowest BCUT2D eigenvalue weighted by Crippen LogP contribution is -2.10. The fraction of sp³-hybridized carbons (Fsp3) is 0.148. The van der Waals surface area contributed by atoms with Crippen molar-refractivity contribution in [2.24, 2.45) is 0 Å². The summed E-state index contributed by atoms with van der Waals surface area (Å²) in [4.78, 5) is 25.5. The number of methoxy groups -OCH3 is 4. The molecule has 0 atom stereocenters. The average Bonchev–Trinajstić information content (AvgIpc) is 2.91. The van der Waals surface area contributed by atoms with Gasteiger partial charge in [0.2, 0.25) is 5.78 Å². The van der Waals surface area contributed by atoms with E-state index in [1.807, 2.05) is 6.07 Å². The minimum atomic E-state index is -0.626. The van der Waals surface area contributed by atoms with Gasteiger partial charge in [0.1, 0.15) is 17.4 Å². The van der Waals surface area contributed by atoms with Crippen LogP contribution in [0.25, 0.3) is 6.08 Å². The third kappa shape index (κ3) is 5.78. The zero-order chi connectivity index (χ0) is 25.4. The molecule has 0 amide bonds. The minimum absolute atomic E-state index is 0.0737. The van der Waals surface area contributed by atoms with E-state index in [4.69, 9.17) is 23.7 Å². The van der Waals surface area contributed by atoms with Crippen molar-refractivity contribution in [2.45, 2.75) is 0 Å². The van der Waals surface area contributed by atoms with E-state index in [1.165, 1.54) is 46.6 Å². The maximum atomic E-state index is 12.8. The highest BCUT2D eigenvalue weighted by atomic mass is 16.6. The molecule has 0 aliphatic heterocycles. The molecule has 0 bridgehead atoms. The second-order valence-electron chi connectivity index (χ2n) is 7.10. The summed E-state index contributed by atoms with van der Waals surface area (Å²) >= 11 is 0. The molecule has 0 N–H and O–H groups in total. The van der Waals surface area contributed by atoms with Crippen molar-refractivity contribution in [3.63, 3.8) is 0 Å². The summed E-state index contributed by atoms with van der Waals surface area (Å²) in [6.07, 6.45) is 1.43. The van der Waals surface area contributed by atoms with E-state index in [9.17, 15) is 14.9 Å². The van der Waals surface area contributed by atoms with E-state index in [2.05, 4.69) is 0 Å². The van der Waals surface area contributed by atoms with Crippen LogP contribution in [0.2, 0.25) is 0 Å². The quantitative estimate of drug-likeness (QED) is 0.144. The van der Waals surface area contributed by atoms with E-state index in [0.717, 1.165) is 0 Å². The van der Waals surface area contributed by atoms with Crippen molar-refractivity contribution in [2.75, 3.05) is 28.4 Å². The lowest BCUT2D eigenvalue weighted by Gasteiger charge is -2.12. The summed E-state index contributed by atoms with van der Waals surface area (Å²) in [5, 5.41) is 9.56. The summed E-state index contributed by atoms with van der Waals surface area (Å²) in [6.45, 7) is 0. The van der Waals surface area contributed by atoms with Crippen molar-refractivity contribution < 1.29 is 33.3 Å². The standard InChI is InChI=1S/C27H23NO7/c1-31-21-7-5-6-18(14-21)26(29)20(16-28)12-17-8-10-23(24(13-17)33-3)35-27(30)19-9-11-22(32-2)25(15-19)34-4/h5-15H,1-4H3/b20-12+. The second kappa shape index (κ2) is 11.4. The Balaban J connectivity index is 1.85. The number of nitrogens with zero attached hydrogens (tertiary/aromatic N) is 1. The predicted molar refractivity (Wildman–Crippen MR) is 128 cm³/mol. The first kappa shape index (κ1) is 24.9. The first-order chi connectivity index (χ1) is 16.9. The van der Waals surface area contributed by atoms with Crippen molar-refractivity contribution in [1.82, 2.24) is 0 Å². The molecule has 0 aliphatic rings. The minimum Gasteiger partial charge on any atom is -0.497 e. The van der Waals surface area contributed by atoms with Crippen LogP contribution in [0.3, 0.4) is 0 Å². The highest BCUT2D eigenvalue weighted by Gasteiger charge is 2.17. The molecule has 0 aliphatic carbocycles. The predicted octanol–water partition coefficient (Wildman–Crippen LogP) is 4.73. The highest BCUT2D eigenvalue weighted by Crippen LogP contribution is 2.32. The number of rotatable bonds is 9. The third-order valence-electron chi connectivity index (χ3n) is 5.02. The van der Waals surface area contributed by atoms with E-state index < -0.39 is 11.8 Å². The molecule has 0 heterocycles. The molecule has 8 nitrogen and oxygen atoms in total. The second-order valence-corrected chi connectivity index (χ2v) is 7.10. The van der Waals surface area contributed by atoms with Crippen LogP contribution in [0.15, 0.2) is 66.2 Å². The number of allylic oxidation sites excluding steroid dienone is 1. The topological polar surface area (TPSA) is 104 Å². The molecule has 0 unspecified atom stereocenters. The molecule has 0 fully saturated rings. The number of ketones is 1. The Hall–Kier alpha value is -4.77. The number of hydrogen-bond acceptors (Lipinski definition) is 8. The van der Waals surface area contributed by atoms with E-state index >= 15 is 0 Å². The monoisotopic (exact) mass is 473 g/mol. The van der Waals surface area contributed by atoms with Crippen LogP contribution in [0, 0.1) is 11.3 Å². The molecule has 8 heteroatoms. The maximum Gasteiger partial charge on any atom is 0.343 e. The summed E-state index contributed by atoms with van der Waals surface area (Å²) in [5.41, 5.74) is 1.02. The van der Waals surface area contributed by atoms with Gasteiger partial charge in [-0.1, -0.05) is 18.2 Å². The normalized spacial score (nSPS) is 10.7. The van der Waals surface area contributed by atoms with Crippen molar-refractivity contribution in [3.05, 3.63) is 82.9 Å². The molecular weight excluding hydrogens is 450 g/mol. The Morgan fingerprint density at radius 1 is 0.743 bits per heavy atom. The van der Waals surface area contributed by atoms with Gasteiger partial charge in [-0.2, -0.15) is 5.26 Å². The highest BCUT2D eigenvalue weighted by molar-refractivity contribution is 6.14. The number of benzene rings is 3. The Labute approximate surface area is 202 Å². The largest absolute Gasteiger partial charge is 0.497 e. The third-order valence-corrected chi connectivity index (χ3v) is 5.02. The number of nitriles is 1. The average molecular weight is 473 g/mol. The van der Waals surface area contributed by atoms with Crippen molar-refractivity contribution in [1.29, 1.82) is 5.26 Å². The van der Waals surface area contributed by atoms with Gasteiger partial charge >= 0.3 is 5.97 Å². The van der Waals surface area contributed by atoms with Gasteiger partial charge in [0, 0.05) is 5.56 Å². The molecule has 3 rings (SSSR count). The number of Topliss-reactive ketones (excluding diaryl/α,β-unsaturated/α-hetero) is 1. The van der Waals surface area contributed by atoms with Gasteiger partial charge in [-0.15, -0.1) is 0 Å². The van der Waals surface area contributed by atoms with Crippen molar-refractivity contribution in [3.8, 4) is 34.8 Å². The van der Waals surface area contributed by atoms with Crippen LogP contribution in [-0.4, -0.2) is 40.2 Å². The summed E-state index contributed by atoms with van der Waals surface area (Å²) in [6, 6.07) is 17.8. The number of carbonyl (C=O) groups excluding carboxylic acids is 2. The fourth-order valence-corrected chi connectivity index (χ4v) is 3.22. The van der Waals surface area contributed by atoms with Crippen LogP contribution in [-0.2, 0) is 0 Å². The number of ether oxygens (including phenoxy) is 5. The molecule has 0 saturated carbocycles. The van der Waals surface area contributed by atoms with Crippen LogP contribution < -0.4 is 23.7 Å².